The zero-order valence-electron chi connectivity index (χ0n) is 14.5. The number of hydrogen-bond acceptors (Lipinski definition) is 7. The van der Waals surface area contributed by atoms with Gasteiger partial charge in [0.2, 0.25) is 18.2 Å². The normalized spacial score (nSPS) is 19.8. The molecule has 0 spiro atoms. The molecule has 1 fully saturated rings. The highest BCUT2D eigenvalue weighted by Crippen LogP contribution is 2.44. The molecule has 138 valence electrons. The SMILES string of the molecule is C=C1C(=O)NC(C(=O)OCC)(C(=O)OCC)C1c1ccc2c(c1)OCO2. The number of fused-ring (bicyclic) bond motifs is 1. The lowest BCUT2D eigenvalue weighted by atomic mass is 9.78. The topological polar surface area (TPSA) is 100 Å². The van der Waals surface area contributed by atoms with Crippen LogP contribution in [0, 0.1) is 0 Å². The van der Waals surface area contributed by atoms with E-state index in [1.54, 1.807) is 32.0 Å². The molecule has 0 aromatic heterocycles. The van der Waals surface area contributed by atoms with Crippen LogP contribution in [0.5, 0.6) is 11.5 Å². The molecular weight excluding hydrogens is 342 g/mol. The maximum atomic E-state index is 12.8. The highest BCUT2D eigenvalue weighted by Gasteiger charge is 2.63. The summed E-state index contributed by atoms with van der Waals surface area (Å²) in [6.07, 6.45) is 0. The van der Waals surface area contributed by atoms with Gasteiger partial charge in [0.1, 0.15) is 0 Å². The van der Waals surface area contributed by atoms with Crippen molar-refractivity contribution in [2.75, 3.05) is 20.0 Å². The first kappa shape index (κ1) is 17.8. The third kappa shape index (κ3) is 2.58. The molecule has 1 aromatic rings. The van der Waals surface area contributed by atoms with Crippen molar-refractivity contribution in [2.24, 2.45) is 0 Å². The van der Waals surface area contributed by atoms with Gasteiger partial charge < -0.3 is 24.3 Å². The van der Waals surface area contributed by atoms with Crippen molar-refractivity contribution >= 4 is 17.8 Å². The molecule has 0 aliphatic carbocycles. The Labute approximate surface area is 150 Å². The Morgan fingerprint density at radius 1 is 1.19 bits per heavy atom. The summed E-state index contributed by atoms with van der Waals surface area (Å²) in [5, 5.41) is 2.44. The molecule has 2 aliphatic rings. The van der Waals surface area contributed by atoms with Crippen LogP contribution in [0.1, 0.15) is 25.3 Å². The van der Waals surface area contributed by atoms with E-state index in [2.05, 4.69) is 11.9 Å². The van der Waals surface area contributed by atoms with E-state index in [4.69, 9.17) is 18.9 Å². The summed E-state index contributed by atoms with van der Waals surface area (Å²) in [6.45, 7) is 7.13. The quantitative estimate of drug-likeness (QED) is 0.475. The second-order valence-corrected chi connectivity index (χ2v) is 5.77. The molecule has 1 unspecified atom stereocenters. The molecule has 1 amide bonds. The van der Waals surface area contributed by atoms with E-state index in [1.807, 2.05) is 0 Å². The first-order valence-electron chi connectivity index (χ1n) is 8.21. The van der Waals surface area contributed by atoms with Crippen LogP contribution in [0.25, 0.3) is 0 Å². The van der Waals surface area contributed by atoms with E-state index in [0.29, 0.717) is 17.1 Å². The summed E-state index contributed by atoms with van der Waals surface area (Å²) >= 11 is 0. The van der Waals surface area contributed by atoms with Crippen LogP contribution in [-0.4, -0.2) is 43.4 Å². The average molecular weight is 361 g/mol. The molecule has 1 saturated heterocycles. The third-order valence-electron chi connectivity index (χ3n) is 4.31. The minimum atomic E-state index is -2.03. The summed E-state index contributed by atoms with van der Waals surface area (Å²) in [5.41, 5.74) is -1.49. The number of nitrogens with one attached hydrogen (secondary N) is 1. The summed E-state index contributed by atoms with van der Waals surface area (Å²) in [6, 6.07) is 4.91. The van der Waals surface area contributed by atoms with Crippen molar-refractivity contribution in [1.82, 2.24) is 5.32 Å². The van der Waals surface area contributed by atoms with E-state index in [-0.39, 0.29) is 25.6 Å². The van der Waals surface area contributed by atoms with E-state index in [1.165, 1.54) is 0 Å². The van der Waals surface area contributed by atoms with Crippen LogP contribution >= 0.6 is 0 Å². The Kier molecular flexibility index (Phi) is 4.58. The molecular formula is C18H19NO7. The number of carbonyl (C=O) groups is 3. The summed E-state index contributed by atoms with van der Waals surface area (Å²) in [5.74, 6) is -2.41. The smallest absolute Gasteiger partial charge is 0.344 e. The summed E-state index contributed by atoms with van der Waals surface area (Å²) in [7, 11) is 0. The number of carbonyl (C=O) groups excluding carboxylic acids is 3. The van der Waals surface area contributed by atoms with Crippen molar-refractivity contribution in [3.8, 4) is 11.5 Å². The lowest BCUT2D eigenvalue weighted by molar-refractivity contribution is -0.166. The van der Waals surface area contributed by atoms with Crippen molar-refractivity contribution < 1.29 is 33.3 Å². The molecule has 0 radical (unpaired) electrons. The molecule has 2 aliphatic heterocycles. The fourth-order valence-electron chi connectivity index (χ4n) is 3.18. The fraction of sp³-hybridized carbons (Fsp3) is 0.389. The number of amides is 1. The van der Waals surface area contributed by atoms with Gasteiger partial charge in [-0.15, -0.1) is 0 Å². The van der Waals surface area contributed by atoms with Gasteiger partial charge in [0.05, 0.1) is 19.1 Å². The Bertz CT molecular complexity index is 768. The van der Waals surface area contributed by atoms with Crippen LogP contribution in [0.15, 0.2) is 30.4 Å². The first-order valence-corrected chi connectivity index (χ1v) is 8.21. The lowest BCUT2D eigenvalue weighted by Gasteiger charge is -2.30. The van der Waals surface area contributed by atoms with E-state index in [0.717, 1.165) is 0 Å². The molecule has 1 aromatic carbocycles. The first-order chi connectivity index (χ1) is 12.5. The number of ether oxygens (including phenoxy) is 4. The highest BCUT2D eigenvalue weighted by molar-refractivity contribution is 6.16. The molecule has 1 N–H and O–H groups in total. The van der Waals surface area contributed by atoms with E-state index in [9.17, 15) is 14.4 Å². The fourth-order valence-corrected chi connectivity index (χ4v) is 3.18. The number of benzene rings is 1. The zero-order valence-corrected chi connectivity index (χ0v) is 14.5. The van der Waals surface area contributed by atoms with Gasteiger partial charge in [0, 0.05) is 5.57 Å². The van der Waals surface area contributed by atoms with Gasteiger partial charge in [-0.3, -0.25) is 4.79 Å². The Hall–Kier alpha value is -3.03. The molecule has 8 nitrogen and oxygen atoms in total. The number of hydrogen-bond donors (Lipinski definition) is 1. The molecule has 3 rings (SSSR count). The van der Waals surface area contributed by atoms with Crippen molar-refractivity contribution in [1.29, 1.82) is 0 Å². The number of esters is 2. The van der Waals surface area contributed by atoms with Crippen LogP contribution in [0.2, 0.25) is 0 Å². The maximum Gasteiger partial charge on any atom is 0.344 e. The van der Waals surface area contributed by atoms with Crippen molar-refractivity contribution in [3.63, 3.8) is 0 Å². The molecule has 8 heteroatoms. The van der Waals surface area contributed by atoms with Gasteiger partial charge in [-0.25, -0.2) is 9.59 Å². The minimum Gasteiger partial charge on any atom is -0.464 e. The zero-order chi connectivity index (χ0) is 18.9. The van der Waals surface area contributed by atoms with Gasteiger partial charge in [-0.05, 0) is 31.5 Å². The van der Waals surface area contributed by atoms with Crippen molar-refractivity contribution in [3.05, 3.63) is 35.9 Å². The minimum absolute atomic E-state index is 0.0379. The third-order valence-corrected chi connectivity index (χ3v) is 4.31. The van der Waals surface area contributed by atoms with Crippen LogP contribution in [0.4, 0.5) is 0 Å². The molecule has 2 heterocycles. The highest BCUT2D eigenvalue weighted by atomic mass is 16.7. The second kappa shape index (κ2) is 6.70. The van der Waals surface area contributed by atoms with Gasteiger partial charge in [-0.1, -0.05) is 12.6 Å². The molecule has 0 saturated carbocycles. The van der Waals surface area contributed by atoms with E-state index < -0.39 is 29.3 Å². The van der Waals surface area contributed by atoms with Crippen LogP contribution in [-0.2, 0) is 23.9 Å². The molecule has 0 bridgehead atoms. The predicted molar refractivity (Wildman–Crippen MR) is 88.6 cm³/mol. The standard InChI is InChI=1S/C18H19NO7/c1-4-23-16(21)18(17(22)24-5-2)14(10(3)15(20)19-18)11-6-7-12-13(8-11)26-9-25-12/h6-8,14H,3-5,9H2,1-2H3,(H,19,20). The average Bonchev–Trinajstić information content (AvgIpc) is 3.18. The van der Waals surface area contributed by atoms with E-state index >= 15 is 0 Å². The molecule has 26 heavy (non-hydrogen) atoms. The Morgan fingerprint density at radius 2 is 1.81 bits per heavy atom. The largest absolute Gasteiger partial charge is 0.464 e. The number of rotatable bonds is 5. The summed E-state index contributed by atoms with van der Waals surface area (Å²) < 4.78 is 20.8. The van der Waals surface area contributed by atoms with Crippen LogP contribution < -0.4 is 14.8 Å². The summed E-state index contributed by atoms with van der Waals surface area (Å²) in [4.78, 5) is 37.9. The Morgan fingerprint density at radius 3 is 2.42 bits per heavy atom. The van der Waals surface area contributed by atoms with Crippen LogP contribution in [0.3, 0.4) is 0 Å². The second-order valence-electron chi connectivity index (χ2n) is 5.77. The monoisotopic (exact) mass is 361 g/mol. The van der Waals surface area contributed by atoms with Gasteiger partial charge in [0.15, 0.2) is 11.5 Å². The maximum absolute atomic E-state index is 12.8. The molecule has 1 atom stereocenters. The van der Waals surface area contributed by atoms with Gasteiger partial charge >= 0.3 is 11.9 Å². The van der Waals surface area contributed by atoms with Gasteiger partial charge in [-0.2, -0.15) is 0 Å². The predicted octanol–water partition coefficient (Wildman–Crippen LogP) is 1.05. The van der Waals surface area contributed by atoms with Gasteiger partial charge in [0.25, 0.3) is 0 Å². The lowest BCUT2D eigenvalue weighted by Crippen LogP contribution is -2.59. The van der Waals surface area contributed by atoms with Crippen molar-refractivity contribution in [2.45, 2.75) is 25.3 Å². The Balaban J connectivity index is 2.14.